The molecule has 102 valence electrons. The Labute approximate surface area is 120 Å². The van der Waals surface area contributed by atoms with Crippen molar-refractivity contribution in [2.24, 2.45) is 0 Å². The number of carbonyl (C=O) groups is 1. The molecule has 0 aliphatic carbocycles. The third-order valence-electron chi connectivity index (χ3n) is 2.88. The number of aromatic nitrogens is 1. The lowest BCUT2D eigenvalue weighted by molar-refractivity contribution is 0.0950. The molecule has 0 saturated heterocycles. The van der Waals surface area contributed by atoms with E-state index >= 15 is 0 Å². The molecule has 5 nitrogen and oxygen atoms in total. The van der Waals surface area contributed by atoms with E-state index in [1.165, 1.54) is 12.3 Å². The van der Waals surface area contributed by atoms with Crippen LogP contribution in [0.15, 0.2) is 36.5 Å². The highest BCUT2D eigenvalue weighted by Gasteiger charge is 2.13. The van der Waals surface area contributed by atoms with Crippen LogP contribution in [0.2, 0.25) is 5.15 Å². The van der Waals surface area contributed by atoms with Crippen molar-refractivity contribution >= 4 is 17.5 Å². The molecule has 0 spiro atoms. The lowest BCUT2D eigenvalue weighted by Crippen LogP contribution is -2.22. The first-order chi connectivity index (χ1) is 9.72. The number of fused-ring (bicyclic) bond motifs is 1. The third kappa shape index (κ3) is 2.67. The molecule has 1 N–H and O–H groups in total. The van der Waals surface area contributed by atoms with Crippen LogP contribution >= 0.6 is 11.6 Å². The summed E-state index contributed by atoms with van der Waals surface area (Å²) in [6.45, 7) is 0.635. The van der Waals surface area contributed by atoms with Crippen molar-refractivity contribution in [3.8, 4) is 11.5 Å². The Hall–Kier alpha value is -2.27. The summed E-state index contributed by atoms with van der Waals surface area (Å²) in [5.74, 6) is 1.22. The maximum absolute atomic E-state index is 12.0. The van der Waals surface area contributed by atoms with Crippen molar-refractivity contribution in [2.45, 2.75) is 6.54 Å². The predicted molar refractivity (Wildman–Crippen MR) is 73.0 cm³/mol. The summed E-state index contributed by atoms with van der Waals surface area (Å²) in [7, 11) is 0. The van der Waals surface area contributed by atoms with Gasteiger partial charge in [0, 0.05) is 18.3 Å². The summed E-state index contributed by atoms with van der Waals surface area (Å²) >= 11 is 5.75. The van der Waals surface area contributed by atoms with Gasteiger partial charge in [0.15, 0.2) is 11.5 Å². The van der Waals surface area contributed by atoms with Gasteiger partial charge >= 0.3 is 0 Å². The number of benzene rings is 1. The van der Waals surface area contributed by atoms with E-state index in [2.05, 4.69) is 10.3 Å². The molecule has 1 aromatic heterocycles. The molecular formula is C14H11ClN2O3. The lowest BCUT2D eigenvalue weighted by Gasteiger charge is -2.06. The number of rotatable bonds is 3. The fourth-order valence-corrected chi connectivity index (χ4v) is 2.05. The highest BCUT2D eigenvalue weighted by molar-refractivity contribution is 6.29. The first-order valence-electron chi connectivity index (χ1n) is 6.01. The van der Waals surface area contributed by atoms with Gasteiger partial charge in [-0.2, -0.15) is 0 Å². The van der Waals surface area contributed by atoms with Gasteiger partial charge in [-0.25, -0.2) is 4.98 Å². The Morgan fingerprint density at radius 2 is 2.10 bits per heavy atom. The molecule has 2 aromatic rings. The number of hydrogen-bond donors (Lipinski definition) is 1. The number of halogens is 1. The molecule has 20 heavy (non-hydrogen) atoms. The smallest absolute Gasteiger partial charge is 0.251 e. The van der Waals surface area contributed by atoms with E-state index in [0.717, 1.165) is 11.3 Å². The molecule has 1 aromatic carbocycles. The average molecular weight is 291 g/mol. The predicted octanol–water partition coefficient (Wildman–Crippen LogP) is 2.39. The van der Waals surface area contributed by atoms with Gasteiger partial charge in [-0.3, -0.25) is 4.79 Å². The van der Waals surface area contributed by atoms with Crippen molar-refractivity contribution < 1.29 is 14.3 Å². The number of ether oxygens (including phenoxy) is 2. The highest BCUT2D eigenvalue weighted by atomic mass is 35.5. The van der Waals surface area contributed by atoms with Gasteiger partial charge in [0.2, 0.25) is 6.79 Å². The summed E-state index contributed by atoms with van der Waals surface area (Å²) in [5.41, 5.74) is 1.41. The first-order valence-corrected chi connectivity index (χ1v) is 6.38. The first kappa shape index (κ1) is 12.7. The Morgan fingerprint density at radius 3 is 2.95 bits per heavy atom. The Kier molecular flexibility index (Phi) is 3.43. The van der Waals surface area contributed by atoms with Crippen LogP contribution in [0.4, 0.5) is 0 Å². The summed E-state index contributed by atoms with van der Waals surface area (Å²) < 4.78 is 10.5. The van der Waals surface area contributed by atoms with E-state index < -0.39 is 0 Å². The zero-order chi connectivity index (χ0) is 13.9. The average Bonchev–Trinajstić information content (AvgIpc) is 2.92. The van der Waals surface area contributed by atoms with Crippen LogP contribution < -0.4 is 14.8 Å². The van der Waals surface area contributed by atoms with Gasteiger partial charge in [0.05, 0.1) is 0 Å². The maximum Gasteiger partial charge on any atom is 0.251 e. The second-order valence-corrected chi connectivity index (χ2v) is 4.62. The molecule has 0 fully saturated rings. The molecular weight excluding hydrogens is 280 g/mol. The normalized spacial score (nSPS) is 12.2. The van der Waals surface area contributed by atoms with Crippen LogP contribution in [0, 0.1) is 0 Å². The van der Waals surface area contributed by atoms with Gasteiger partial charge in [-0.1, -0.05) is 17.7 Å². The molecule has 0 saturated carbocycles. The van der Waals surface area contributed by atoms with Crippen LogP contribution in [0.5, 0.6) is 11.5 Å². The highest BCUT2D eigenvalue weighted by Crippen LogP contribution is 2.32. The Balaban J connectivity index is 1.66. The Morgan fingerprint density at radius 1 is 1.25 bits per heavy atom. The van der Waals surface area contributed by atoms with E-state index in [1.54, 1.807) is 6.07 Å². The van der Waals surface area contributed by atoms with Gasteiger partial charge < -0.3 is 14.8 Å². The van der Waals surface area contributed by atoms with Crippen LogP contribution in [-0.4, -0.2) is 17.7 Å². The largest absolute Gasteiger partial charge is 0.454 e. The number of carbonyl (C=O) groups excluding carboxylic acids is 1. The van der Waals surface area contributed by atoms with E-state index in [1.807, 2.05) is 18.2 Å². The zero-order valence-corrected chi connectivity index (χ0v) is 11.2. The molecule has 1 aliphatic heterocycles. The van der Waals surface area contributed by atoms with Gasteiger partial charge in [0.25, 0.3) is 5.91 Å². The zero-order valence-electron chi connectivity index (χ0n) is 10.4. The van der Waals surface area contributed by atoms with E-state index in [0.29, 0.717) is 23.0 Å². The summed E-state index contributed by atoms with van der Waals surface area (Å²) in [6, 6.07) is 8.69. The van der Waals surface area contributed by atoms with Crippen molar-refractivity contribution in [1.82, 2.24) is 10.3 Å². The maximum atomic E-state index is 12.0. The van der Waals surface area contributed by atoms with Crippen LogP contribution in [-0.2, 0) is 6.54 Å². The summed E-state index contributed by atoms with van der Waals surface area (Å²) in [4.78, 5) is 15.8. The standard InChI is InChI=1S/C14H11ClN2O3/c15-13-6-10(3-4-16-13)14(18)17-7-9-1-2-11-12(5-9)20-8-19-11/h1-6H,7-8H2,(H,17,18). The fraction of sp³-hybridized carbons (Fsp3) is 0.143. The minimum Gasteiger partial charge on any atom is -0.454 e. The monoisotopic (exact) mass is 290 g/mol. The molecule has 0 radical (unpaired) electrons. The van der Waals surface area contributed by atoms with Crippen molar-refractivity contribution in [2.75, 3.05) is 6.79 Å². The number of pyridine rings is 1. The minimum absolute atomic E-state index is 0.202. The quantitative estimate of drug-likeness (QED) is 0.882. The molecule has 1 aliphatic rings. The summed E-state index contributed by atoms with van der Waals surface area (Å²) in [6.07, 6.45) is 1.50. The second-order valence-electron chi connectivity index (χ2n) is 4.24. The molecule has 2 heterocycles. The molecule has 1 amide bonds. The molecule has 3 rings (SSSR count). The topological polar surface area (TPSA) is 60.5 Å². The minimum atomic E-state index is -0.202. The van der Waals surface area contributed by atoms with Crippen molar-refractivity contribution in [3.63, 3.8) is 0 Å². The van der Waals surface area contributed by atoms with Crippen LogP contribution in [0.1, 0.15) is 15.9 Å². The van der Waals surface area contributed by atoms with E-state index in [9.17, 15) is 4.79 Å². The number of amides is 1. The SMILES string of the molecule is O=C(NCc1ccc2c(c1)OCO2)c1ccnc(Cl)c1. The van der Waals surface area contributed by atoms with Gasteiger partial charge in [-0.05, 0) is 29.8 Å². The molecule has 6 heteroatoms. The second kappa shape index (κ2) is 5.38. The van der Waals surface area contributed by atoms with Crippen molar-refractivity contribution in [1.29, 1.82) is 0 Å². The number of nitrogens with one attached hydrogen (secondary N) is 1. The van der Waals surface area contributed by atoms with E-state index in [-0.39, 0.29) is 12.7 Å². The van der Waals surface area contributed by atoms with Gasteiger partial charge in [0.1, 0.15) is 5.15 Å². The fourth-order valence-electron chi connectivity index (χ4n) is 1.88. The molecule has 0 bridgehead atoms. The van der Waals surface area contributed by atoms with Crippen LogP contribution in [0.3, 0.4) is 0 Å². The van der Waals surface area contributed by atoms with E-state index in [4.69, 9.17) is 21.1 Å². The lowest BCUT2D eigenvalue weighted by atomic mass is 10.2. The Bertz CT molecular complexity index is 661. The number of nitrogens with zero attached hydrogens (tertiary/aromatic N) is 1. The molecule has 0 unspecified atom stereocenters. The summed E-state index contributed by atoms with van der Waals surface area (Å²) in [5, 5.41) is 3.10. The third-order valence-corrected chi connectivity index (χ3v) is 3.09. The number of hydrogen-bond acceptors (Lipinski definition) is 4. The van der Waals surface area contributed by atoms with Crippen molar-refractivity contribution in [3.05, 3.63) is 52.8 Å². The van der Waals surface area contributed by atoms with Gasteiger partial charge in [-0.15, -0.1) is 0 Å². The molecule has 0 atom stereocenters. The van der Waals surface area contributed by atoms with Crippen LogP contribution in [0.25, 0.3) is 0 Å².